The first-order chi connectivity index (χ1) is 23.8. The second kappa shape index (κ2) is 13.9. The van der Waals surface area contributed by atoms with Gasteiger partial charge >= 0.3 is 0 Å². The summed E-state index contributed by atoms with van der Waals surface area (Å²) in [4.78, 5) is 22.3. The summed E-state index contributed by atoms with van der Waals surface area (Å²) in [5.74, 6) is 1.78. The van der Waals surface area contributed by atoms with Crippen LogP contribution in [-0.4, -0.2) is 42.0 Å². The Bertz CT molecular complexity index is 1950. The lowest BCUT2D eigenvalue weighted by Crippen LogP contribution is -2.57. The molecule has 0 aliphatic carbocycles. The van der Waals surface area contributed by atoms with Crippen LogP contribution < -0.4 is 26.0 Å². The van der Waals surface area contributed by atoms with Crippen LogP contribution in [0.25, 0.3) is 10.9 Å². The second-order valence-corrected chi connectivity index (χ2v) is 15.9. The number of hydrogen-bond donors (Lipinski definition) is 1. The monoisotopic (exact) mass is 667 g/mol. The summed E-state index contributed by atoms with van der Waals surface area (Å²) in [5.41, 5.74) is 7.72. The van der Waals surface area contributed by atoms with Crippen LogP contribution in [0.2, 0.25) is 0 Å². The number of pyridine rings is 1. The van der Waals surface area contributed by atoms with Gasteiger partial charge in [0.2, 0.25) is 0 Å². The number of fused-ring (bicyclic) bond motifs is 4. The third-order valence-electron chi connectivity index (χ3n) is 10.9. The van der Waals surface area contributed by atoms with E-state index in [1.165, 1.54) is 32.9 Å². The van der Waals surface area contributed by atoms with Gasteiger partial charge in [-0.05, 0) is 141 Å². The predicted octanol–water partition coefficient (Wildman–Crippen LogP) is 7.60. The fraction of sp³-hybridized carbons (Fsp3) is 0.302. The van der Waals surface area contributed by atoms with E-state index >= 15 is 4.79 Å². The van der Waals surface area contributed by atoms with Crippen molar-refractivity contribution in [3.05, 3.63) is 137 Å². The lowest BCUT2D eigenvalue weighted by Gasteiger charge is -2.51. The maximum absolute atomic E-state index is 15.0. The van der Waals surface area contributed by atoms with Crippen LogP contribution in [-0.2, 0) is 0 Å². The molecule has 3 aliphatic heterocycles. The van der Waals surface area contributed by atoms with Gasteiger partial charge in [-0.1, -0.05) is 60.7 Å². The Balaban J connectivity index is 1.37. The van der Waals surface area contributed by atoms with Crippen molar-refractivity contribution < 1.29 is 9.53 Å². The molecular formula is C43H46N3O2P. The van der Waals surface area contributed by atoms with E-state index in [9.17, 15) is 0 Å². The van der Waals surface area contributed by atoms with Crippen molar-refractivity contribution in [2.24, 2.45) is 11.8 Å². The van der Waals surface area contributed by atoms with E-state index in [0.29, 0.717) is 11.8 Å². The van der Waals surface area contributed by atoms with Crippen LogP contribution in [0.1, 0.15) is 57.1 Å². The van der Waals surface area contributed by atoms with E-state index < -0.39 is 7.92 Å². The van der Waals surface area contributed by atoms with Crippen LogP contribution in [0.3, 0.4) is 0 Å². The molecule has 3 aliphatic rings. The molecular weight excluding hydrogens is 621 g/mol. The minimum atomic E-state index is -1.03. The molecule has 6 heteroatoms. The van der Waals surface area contributed by atoms with Crippen LogP contribution in [0.5, 0.6) is 5.75 Å². The maximum Gasteiger partial charge on any atom is 0.252 e. The first-order valence-corrected chi connectivity index (χ1v) is 18.7. The first-order valence-electron chi connectivity index (χ1n) is 17.4. The number of benzene rings is 4. The minimum Gasteiger partial charge on any atom is -0.497 e. The Morgan fingerprint density at radius 1 is 0.939 bits per heavy atom. The van der Waals surface area contributed by atoms with Gasteiger partial charge in [0.25, 0.3) is 5.91 Å². The number of ether oxygens (including phenoxy) is 1. The molecule has 1 aromatic heterocycles. The van der Waals surface area contributed by atoms with Gasteiger partial charge in [-0.2, -0.15) is 0 Å². The first kappa shape index (κ1) is 33.2. The number of piperidine rings is 3. The van der Waals surface area contributed by atoms with Crippen molar-refractivity contribution in [3.8, 4) is 5.75 Å². The van der Waals surface area contributed by atoms with Gasteiger partial charge in [-0.25, -0.2) is 0 Å². The Morgan fingerprint density at radius 2 is 1.61 bits per heavy atom. The van der Waals surface area contributed by atoms with Crippen LogP contribution >= 0.6 is 7.92 Å². The van der Waals surface area contributed by atoms with Crippen molar-refractivity contribution in [3.63, 3.8) is 0 Å². The Morgan fingerprint density at radius 3 is 2.22 bits per heavy atom. The normalized spacial score (nSPS) is 20.7. The van der Waals surface area contributed by atoms with Crippen molar-refractivity contribution in [2.75, 3.05) is 20.2 Å². The van der Waals surface area contributed by atoms with Gasteiger partial charge in [0, 0.05) is 29.7 Å². The smallest absolute Gasteiger partial charge is 0.252 e. The molecule has 5 nitrogen and oxygen atoms in total. The predicted molar refractivity (Wildman–Crippen MR) is 204 cm³/mol. The van der Waals surface area contributed by atoms with Gasteiger partial charge in [-0.3, -0.25) is 14.7 Å². The van der Waals surface area contributed by atoms with Crippen molar-refractivity contribution in [2.45, 2.75) is 52.6 Å². The van der Waals surface area contributed by atoms with Gasteiger partial charge in [0.1, 0.15) is 5.75 Å². The minimum absolute atomic E-state index is 0.0404. The highest BCUT2D eigenvalue weighted by molar-refractivity contribution is 7.80. The molecule has 5 atom stereocenters. The summed E-state index contributed by atoms with van der Waals surface area (Å²) in [7, 11) is 0.660. The number of carbonyl (C=O) groups is 1. The molecule has 3 saturated heterocycles. The molecule has 3 fully saturated rings. The summed E-state index contributed by atoms with van der Waals surface area (Å²) in [6, 6.07) is 29.4. The molecule has 0 radical (unpaired) electrons. The Hall–Kier alpha value is -4.31. The standard InChI is InChI=1S/C43H46N3O2P/c1-7-31-26-46-23-21-32(31)24-38(46)40(34-20-22-44-37-19-18-33(48-6)25-36(34)37)45-43(47)35-16-8-9-17-39(35)49(41-27(2)12-10-13-28(41)3)42-29(4)14-11-15-30(42)5/h7-20,22,25,31-32,38,40H,1,21,23-24,26H2,2-6H3,(H,45,47)/t31?,32?,38-,40-/m0/s1. The topological polar surface area (TPSA) is 54.5 Å². The third kappa shape index (κ3) is 6.20. The zero-order valence-electron chi connectivity index (χ0n) is 29.2. The van der Waals surface area contributed by atoms with Crippen molar-refractivity contribution in [1.29, 1.82) is 0 Å². The van der Waals surface area contributed by atoms with Crippen LogP contribution in [0.4, 0.5) is 0 Å². The number of rotatable bonds is 9. The molecule has 1 amide bonds. The lowest BCUT2D eigenvalue weighted by molar-refractivity contribution is 0.00171. The zero-order valence-corrected chi connectivity index (χ0v) is 30.1. The maximum atomic E-state index is 15.0. The molecule has 2 bridgehead atoms. The molecule has 5 aromatic rings. The van der Waals surface area contributed by atoms with E-state index in [4.69, 9.17) is 9.72 Å². The quantitative estimate of drug-likeness (QED) is 0.130. The van der Waals surface area contributed by atoms with E-state index in [1.54, 1.807) is 7.11 Å². The fourth-order valence-corrected chi connectivity index (χ4v) is 11.5. The van der Waals surface area contributed by atoms with Crippen LogP contribution in [0.15, 0.2) is 104 Å². The average Bonchev–Trinajstić information content (AvgIpc) is 3.12. The molecule has 3 unspecified atom stereocenters. The average molecular weight is 668 g/mol. The third-order valence-corrected chi connectivity index (χ3v) is 14.0. The van der Waals surface area contributed by atoms with Crippen LogP contribution in [0, 0.1) is 39.5 Å². The molecule has 0 saturated carbocycles. The number of carbonyl (C=O) groups excluding carboxylic acids is 1. The number of nitrogens with zero attached hydrogens (tertiary/aromatic N) is 2. The van der Waals surface area contributed by atoms with Crippen molar-refractivity contribution in [1.82, 2.24) is 15.2 Å². The molecule has 1 N–H and O–H groups in total. The lowest BCUT2D eigenvalue weighted by atomic mass is 9.73. The summed E-state index contributed by atoms with van der Waals surface area (Å²) in [6.45, 7) is 15.0. The van der Waals surface area contributed by atoms with Gasteiger partial charge in [0.05, 0.1) is 18.7 Å². The highest BCUT2D eigenvalue weighted by Crippen LogP contribution is 2.43. The highest BCUT2D eigenvalue weighted by atomic mass is 31.1. The number of aromatic nitrogens is 1. The number of hydrogen-bond acceptors (Lipinski definition) is 4. The molecule has 8 rings (SSSR count). The molecule has 4 heterocycles. The number of methoxy groups -OCH3 is 1. The summed E-state index contributed by atoms with van der Waals surface area (Å²) >= 11 is 0. The van der Waals surface area contributed by atoms with Gasteiger partial charge in [0.15, 0.2) is 0 Å². The molecule has 4 aromatic carbocycles. The van der Waals surface area contributed by atoms with Gasteiger partial charge < -0.3 is 10.1 Å². The summed E-state index contributed by atoms with van der Waals surface area (Å²) in [5, 5.41) is 8.40. The number of nitrogens with one attached hydrogen (secondary N) is 1. The Labute approximate surface area is 292 Å². The molecule has 0 spiro atoms. The summed E-state index contributed by atoms with van der Waals surface area (Å²) < 4.78 is 5.66. The number of aryl methyl sites for hydroxylation is 4. The fourth-order valence-electron chi connectivity index (χ4n) is 8.40. The summed E-state index contributed by atoms with van der Waals surface area (Å²) in [6.07, 6.45) is 6.18. The van der Waals surface area contributed by atoms with E-state index in [0.717, 1.165) is 59.0 Å². The largest absolute Gasteiger partial charge is 0.497 e. The Kier molecular flexibility index (Phi) is 9.42. The molecule has 49 heavy (non-hydrogen) atoms. The second-order valence-electron chi connectivity index (χ2n) is 13.8. The SMILES string of the molecule is C=CC1CN2CCC1C[C@H]2[C@@H](NC(=O)c1ccccc1P(c1c(C)cccc1C)c1c(C)cccc1C)c1ccnc2ccc(OC)cc12. The van der Waals surface area contributed by atoms with E-state index in [1.807, 2.05) is 30.5 Å². The number of amides is 1. The van der Waals surface area contributed by atoms with E-state index in [-0.39, 0.29) is 18.0 Å². The zero-order chi connectivity index (χ0) is 34.2. The van der Waals surface area contributed by atoms with E-state index in [2.05, 4.69) is 111 Å². The molecule has 250 valence electrons. The highest BCUT2D eigenvalue weighted by Gasteiger charge is 2.43. The van der Waals surface area contributed by atoms with Crippen molar-refractivity contribution >= 4 is 40.6 Å². The van der Waals surface area contributed by atoms with Gasteiger partial charge in [-0.15, -0.1) is 6.58 Å².